The fourth-order valence-corrected chi connectivity index (χ4v) is 2.02. The Hall–Kier alpha value is -0.120. The molecule has 0 aromatic heterocycles. The lowest BCUT2D eigenvalue weighted by molar-refractivity contribution is 0.000624. The van der Waals surface area contributed by atoms with Crippen molar-refractivity contribution in [1.82, 2.24) is 4.90 Å². The van der Waals surface area contributed by atoms with Gasteiger partial charge in [-0.15, -0.1) is 0 Å². The summed E-state index contributed by atoms with van der Waals surface area (Å²) in [6, 6.07) is 0.496. The molecule has 0 aromatic carbocycles. The third-order valence-electron chi connectivity index (χ3n) is 2.77. The Morgan fingerprint density at radius 1 is 1.27 bits per heavy atom. The molecule has 0 rings (SSSR count). The van der Waals surface area contributed by atoms with Gasteiger partial charge in [0.2, 0.25) is 0 Å². The topological polar surface area (TPSA) is 38.5 Å². The van der Waals surface area contributed by atoms with Crippen LogP contribution in [0.1, 0.15) is 34.6 Å². The van der Waals surface area contributed by atoms with Crippen molar-refractivity contribution in [3.8, 4) is 0 Å². The molecule has 0 radical (unpaired) electrons. The van der Waals surface area contributed by atoms with E-state index in [0.717, 1.165) is 6.54 Å². The first-order valence-electron chi connectivity index (χ1n) is 5.83. The van der Waals surface area contributed by atoms with Crippen LogP contribution in [0.2, 0.25) is 0 Å². The molecule has 0 bridgehead atoms. The highest BCUT2D eigenvalue weighted by Gasteiger charge is 2.32. The van der Waals surface area contributed by atoms with Gasteiger partial charge in [0.1, 0.15) is 0 Å². The highest BCUT2D eigenvalue weighted by Crippen LogP contribution is 2.19. The van der Waals surface area contributed by atoms with Gasteiger partial charge in [0, 0.05) is 26.2 Å². The van der Waals surface area contributed by atoms with E-state index in [2.05, 4.69) is 39.5 Å². The van der Waals surface area contributed by atoms with Gasteiger partial charge in [0.25, 0.3) is 0 Å². The maximum absolute atomic E-state index is 5.89. The molecule has 3 heteroatoms. The maximum atomic E-state index is 5.89. The van der Waals surface area contributed by atoms with Crippen LogP contribution < -0.4 is 5.73 Å². The molecular formula is C12H28N2O. The molecule has 3 nitrogen and oxygen atoms in total. The molecule has 15 heavy (non-hydrogen) atoms. The Morgan fingerprint density at radius 3 is 2.07 bits per heavy atom. The minimum Gasteiger partial charge on any atom is -0.383 e. The average molecular weight is 216 g/mol. The third kappa shape index (κ3) is 4.49. The molecule has 0 aliphatic carbocycles. The summed E-state index contributed by atoms with van der Waals surface area (Å²) in [5.74, 6) is 0.648. The van der Waals surface area contributed by atoms with E-state index in [1.807, 2.05) is 0 Å². The van der Waals surface area contributed by atoms with E-state index in [1.54, 1.807) is 7.11 Å². The van der Waals surface area contributed by atoms with Crippen molar-refractivity contribution < 1.29 is 4.74 Å². The van der Waals surface area contributed by atoms with Crippen LogP contribution in [-0.4, -0.2) is 43.3 Å². The molecule has 0 amide bonds. The van der Waals surface area contributed by atoms with Crippen LogP contribution in [0.25, 0.3) is 0 Å². The molecule has 0 aromatic rings. The summed E-state index contributed by atoms with van der Waals surface area (Å²) < 4.78 is 5.29. The van der Waals surface area contributed by atoms with E-state index in [9.17, 15) is 0 Å². The number of ether oxygens (including phenoxy) is 1. The first-order valence-corrected chi connectivity index (χ1v) is 5.83. The van der Waals surface area contributed by atoms with Gasteiger partial charge in [-0.1, -0.05) is 13.8 Å². The smallest absolute Gasteiger partial charge is 0.0656 e. The SMILES string of the molecule is COCC(C)(CN)N(CC(C)C)C(C)C. The van der Waals surface area contributed by atoms with E-state index >= 15 is 0 Å². The minimum absolute atomic E-state index is 0.0484. The molecule has 0 fully saturated rings. The predicted octanol–water partition coefficient (Wildman–Crippen LogP) is 1.72. The first kappa shape index (κ1) is 14.9. The molecule has 2 N–H and O–H groups in total. The first-order chi connectivity index (χ1) is 6.87. The van der Waals surface area contributed by atoms with Crippen LogP contribution >= 0.6 is 0 Å². The van der Waals surface area contributed by atoms with Gasteiger partial charge in [-0.05, 0) is 26.7 Å². The highest BCUT2D eigenvalue weighted by molar-refractivity contribution is 4.89. The summed E-state index contributed by atoms with van der Waals surface area (Å²) >= 11 is 0. The number of rotatable bonds is 7. The normalized spacial score (nSPS) is 16.4. The summed E-state index contributed by atoms with van der Waals surface area (Å²) in [4.78, 5) is 2.45. The van der Waals surface area contributed by atoms with Crippen LogP contribution in [-0.2, 0) is 4.74 Å². The largest absolute Gasteiger partial charge is 0.383 e. The lowest BCUT2D eigenvalue weighted by Gasteiger charge is -2.43. The monoisotopic (exact) mass is 216 g/mol. The molecule has 0 saturated heterocycles. The molecule has 0 aliphatic rings. The molecule has 92 valence electrons. The Kier molecular flexibility index (Phi) is 6.41. The highest BCUT2D eigenvalue weighted by atomic mass is 16.5. The van der Waals surface area contributed by atoms with Gasteiger partial charge < -0.3 is 10.5 Å². The van der Waals surface area contributed by atoms with Crippen molar-refractivity contribution in [2.24, 2.45) is 11.7 Å². The fourth-order valence-electron chi connectivity index (χ4n) is 2.02. The van der Waals surface area contributed by atoms with Crippen LogP contribution in [0, 0.1) is 5.92 Å². The van der Waals surface area contributed by atoms with Crippen molar-refractivity contribution in [2.45, 2.75) is 46.2 Å². The summed E-state index contributed by atoms with van der Waals surface area (Å²) in [5.41, 5.74) is 5.84. The fraction of sp³-hybridized carbons (Fsp3) is 1.00. The second-order valence-corrected chi connectivity index (χ2v) is 5.27. The standard InChI is InChI=1S/C12H28N2O/c1-10(2)7-14(11(3)4)12(5,8-13)9-15-6/h10-11H,7-9,13H2,1-6H3. The summed E-state index contributed by atoms with van der Waals surface area (Å²) in [6.45, 7) is 13.5. The zero-order chi connectivity index (χ0) is 12.1. The number of nitrogens with two attached hydrogens (primary N) is 1. The molecule has 0 heterocycles. The van der Waals surface area contributed by atoms with Crippen molar-refractivity contribution in [2.75, 3.05) is 26.8 Å². The van der Waals surface area contributed by atoms with Crippen LogP contribution in [0.3, 0.4) is 0 Å². The second-order valence-electron chi connectivity index (χ2n) is 5.27. The van der Waals surface area contributed by atoms with E-state index < -0.39 is 0 Å². The van der Waals surface area contributed by atoms with E-state index in [-0.39, 0.29) is 5.54 Å². The molecule has 0 spiro atoms. The summed E-state index contributed by atoms with van der Waals surface area (Å²) in [7, 11) is 1.74. The van der Waals surface area contributed by atoms with Crippen LogP contribution in [0.15, 0.2) is 0 Å². The van der Waals surface area contributed by atoms with Gasteiger partial charge in [-0.3, -0.25) is 4.90 Å². The van der Waals surface area contributed by atoms with E-state index in [1.165, 1.54) is 0 Å². The maximum Gasteiger partial charge on any atom is 0.0656 e. The summed E-state index contributed by atoms with van der Waals surface area (Å²) in [6.07, 6.45) is 0. The zero-order valence-corrected chi connectivity index (χ0v) is 11.2. The molecule has 0 saturated carbocycles. The summed E-state index contributed by atoms with van der Waals surface area (Å²) in [5, 5.41) is 0. The number of nitrogens with zero attached hydrogens (tertiary/aromatic N) is 1. The minimum atomic E-state index is -0.0484. The lowest BCUT2D eigenvalue weighted by atomic mass is 9.97. The van der Waals surface area contributed by atoms with Crippen LogP contribution in [0.5, 0.6) is 0 Å². The number of methoxy groups -OCH3 is 1. The quantitative estimate of drug-likeness (QED) is 0.704. The van der Waals surface area contributed by atoms with Gasteiger partial charge in [-0.25, -0.2) is 0 Å². The van der Waals surface area contributed by atoms with Crippen molar-refractivity contribution in [3.05, 3.63) is 0 Å². The third-order valence-corrected chi connectivity index (χ3v) is 2.77. The van der Waals surface area contributed by atoms with Gasteiger partial charge in [0.15, 0.2) is 0 Å². The number of hydrogen-bond acceptors (Lipinski definition) is 3. The molecular weight excluding hydrogens is 188 g/mol. The second kappa shape index (κ2) is 6.46. The van der Waals surface area contributed by atoms with Gasteiger partial charge in [0.05, 0.1) is 12.1 Å². The molecule has 1 atom stereocenters. The van der Waals surface area contributed by atoms with Gasteiger partial charge >= 0.3 is 0 Å². The van der Waals surface area contributed by atoms with E-state index in [0.29, 0.717) is 25.1 Å². The lowest BCUT2D eigenvalue weighted by Crippen LogP contribution is -2.58. The number of hydrogen-bond donors (Lipinski definition) is 1. The van der Waals surface area contributed by atoms with Crippen molar-refractivity contribution >= 4 is 0 Å². The van der Waals surface area contributed by atoms with Gasteiger partial charge in [-0.2, -0.15) is 0 Å². The Labute approximate surface area is 95.0 Å². The molecule has 0 aliphatic heterocycles. The van der Waals surface area contributed by atoms with Crippen LogP contribution in [0.4, 0.5) is 0 Å². The Morgan fingerprint density at radius 2 is 1.80 bits per heavy atom. The van der Waals surface area contributed by atoms with Crippen molar-refractivity contribution in [3.63, 3.8) is 0 Å². The zero-order valence-electron chi connectivity index (χ0n) is 11.2. The van der Waals surface area contributed by atoms with Crippen molar-refractivity contribution in [1.29, 1.82) is 0 Å². The van der Waals surface area contributed by atoms with E-state index in [4.69, 9.17) is 10.5 Å². The Bertz CT molecular complexity index is 171. The predicted molar refractivity (Wildman–Crippen MR) is 66.0 cm³/mol. The Balaban J connectivity index is 4.68. The average Bonchev–Trinajstić information content (AvgIpc) is 2.13. The molecule has 1 unspecified atom stereocenters.